The Bertz CT molecular complexity index is 492. The molecule has 6 heteroatoms. The molecule has 0 saturated carbocycles. The molecule has 0 amide bonds. The summed E-state index contributed by atoms with van der Waals surface area (Å²) in [6.07, 6.45) is -4.71. The second-order valence-corrected chi connectivity index (χ2v) is 4.14. The maximum absolute atomic E-state index is 12.0. The second kappa shape index (κ2) is 3.57. The summed E-state index contributed by atoms with van der Waals surface area (Å²) in [6, 6.07) is 4.45. The van der Waals surface area contributed by atoms with Crippen molar-refractivity contribution in [3.8, 4) is 5.75 Å². The normalized spacial score (nSPS) is 12.0. The first-order chi connectivity index (χ1) is 6.96. The van der Waals surface area contributed by atoms with Crippen LogP contribution in [0.4, 0.5) is 13.2 Å². The van der Waals surface area contributed by atoms with Crippen molar-refractivity contribution in [2.24, 2.45) is 0 Å². The first-order valence-corrected chi connectivity index (χ1v) is 5.14. The van der Waals surface area contributed by atoms with Crippen LogP contribution in [0, 0.1) is 0 Å². The predicted molar refractivity (Wildman–Crippen MR) is 53.5 cm³/mol. The molecule has 1 aromatic carbocycles. The molecule has 0 aliphatic heterocycles. The zero-order valence-electron chi connectivity index (χ0n) is 7.14. The maximum atomic E-state index is 12.0. The third-order valence-electron chi connectivity index (χ3n) is 1.73. The van der Waals surface area contributed by atoms with Crippen LogP contribution in [0.25, 0.3) is 10.1 Å². The molecule has 1 heterocycles. The van der Waals surface area contributed by atoms with E-state index in [0.29, 0.717) is 5.39 Å². The Morgan fingerprint density at radius 3 is 2.67 bits per heavy atom. The number of hydrogen-bond acceptors (Lipinski definition) is 2. The van der Waals surface area contributed by atoms with Crippen LogP contribution in [0.2, 0.25) is 5.02 Å². The summed E-state index contributed by atoms with van der Waals surface area (Å²) >= 11 is 7.05. The van der Waals surface area contributed by atoms with Gasteiger partial charge in [0.05, 0.1) is 5.02 Å². The number of thiophene rings is 1. The Kier molecular flexibility index (Phi) is 2.52. The largest absolute Gasteiger partial charge is 0.573 e. The molecule has 0 spiro atoms. The van der Waals surface area contributed by atoms with E-state index in [1.165, 1.54) is 23.5 Å². The first-order valence-electron chi connectivity index (χ1n) is 3.88. The predicted octanol–water partition coefficient (Wildman–Crippen LogP) is 4.45. The van der Waals surface area contributed by atoms with Crippen LogP contribution >= 0.6 is 22.9 Å². The molecule has 0 radical (unpaired) electrons. The summed E-state index contributed by atoms with van der Waals surface area (Å²) in [5.74, 6) is -0.366. The number of ether oxygens (including phenoxy) is 1. The molecule has 0 aliphatic rings. The van der Waals surface area contributed by atoms with Crippen LogP contribution in [-0.2, 0) is 0 Å². The first kappa shape index (κ1) is 10.6. The van der Waals surface area contributed by atoms with Crippen molar-refractivity contribution in [2.75, 3.05) is 0 Å². The van der Waals surface area contributed by atoms with Crippen LogP contribution in [-0.4, -0.2) is 6.36 Å². The van der Waals surface area contributed by atoms with Gasteiger partial charge in [0.15, 0.2) is 0 Å². The number of rotatable bonds is 1. The van der Waals surface area contributed by atoms with Crippen molar-refractivity contribution in [3.05, 3.63) is 28.6 Å². The monoisotopic (exact) mass is 252 g/mol. The molecule has 2 rings (SSSR count). The quantitative estimate of drug-likeness (QED) is 0.728. The Labute approximate surface area is 92.0 Å². The van der Waals surface area contributed by atoms with E-state index in [-0.39, 0.29) is 10.8 Å². The molecule has 15 heavy (non-hydrogen) atoms. The number of fused-ring (bicyclic) bond motifs is 1. The van der Waals surface area contributed by atoms with E-state index in [9.17, 15) is 13.2 Å². The van der Waals surface area contributed by atoms with Gasteiger partial charge in [-0.15, -0.1) is 24.5 Å². The van der Waals surface area contributed by atoms with Gasteiger partial charge in [0.25, 0.3) is 0 Å². The number of halogens is 4. The van der Waals surface area contributed by atoms with Crippen LogP contribution in [0.5, 0.6) is 5.75 Å². The van der Waals surface area contributed by atoms with Gasteiger partial charge in [0.2, 0.25) is 0 Å². The molecule has 0 N–H and O–H groups in total. The van der Waals surface area contributed by atoms with E-state index in [1.54, 1.807) is 11.4 Å². The fourth-order valence-electron chi connectivity index (χ4n) is 1.17. The van der Waals surface area contributed by atoms with E-state index in [4.69, 9.17) is 11.6 Å². The van der Waals surface area contributed by atoms with Gasteiger partial charge in [-0.2, -0.15) is 0 Å². The number of alkyl halides is 3. The molecule has 0 saturated heterocycles. The van der Waals surface area contributed by atoms with Crippen molar-refractivity contribution >= 4 is 33.0 Å². The zero-order valence-corrected chi connectivity index (χ0v) is 8.71. The lowest BCUT2D eigenvalue weighted by atomic mass is 10.2. The minimum Gasteiger partial charge on any atom is -0.404 e. The van der Waals surface area contributed by atoms with Crippen molar-refractivity contribution in [1.29, 1.82) is 0 Å². The van der Waals surface area contributed by atoms with E-state index in [1.807, 2.05) is 0 Å². The van der Waals surface area contributed by atoms with Crippen LogP contribution in [0.3, 0.4) is 0 Å². The van der Waals surface area contributed by atoms with E-state index >= 15 is 0 Å². The third-order valence-corrected chi connectivity index (χ3v) is 2.91. The molecule has 0 aliphatic carbocycles. The summed E-state index contributed by atoms with van der Waals surface area (Å²) < 4.78 is 40.5. The van der Waals surface area contributed by atoms with Crippen molar-refractivity contribution in [1.82, 2.24) is 0 Å². The highest BCUT2D eigenvalue weighted by molar-refractivity contribution is 7.17. The Balaban J connectivity index is 2.46. The van der Waals surface area contributed by atoms with Crippen molar-refractivity contribution < 1.29 is 17.9 Å². The maximum Gasteiger partial charge on any atom is 0.573 e. The summed E-state index contributed by atoms with van der Waals surface area (Å²) in [5.41, 5.74) is 0. The Hall–Kier alpha value is -0.940. The number of benzene rings is 1. The van der Waals surface area contributed by atoms with Crippen molar-refractivity contribution in [3.63, 3.8) is 0 Å². The Morgan fingerprint density at radius 1 is 1.27 bits per heavy atom. The van der Waals surface area contributed by atoms with Crippen LogP contribution in [0.1, 0.15) is 0 Å². The van der Waals surface area contributed by atoms with E-state index < -0.39 is 6.36 Å². The molecule has 2 aromatic rings. The van der Waals surface area contributed by atoms with Gasteiger partial charge in [-0.1, -0.05) is 11.6 Å². The Morgan fingerprint density at radius 2 is 2.00 bits per heavy atom. The average molecular weight is 253 g/mol. The second-order valence-electron chi connectivity index (χ2n) is 2.79. The fourth-order valence-corrected chi connectivity index (χ4v) is 2.24. The average Bonchev–Trinajstić information content (AvgIpc) is 2.49. The molecule has 0 fully saturated rings. The van der Waals surface area contributed by atoms with Gasteiger partial charge >= 0.3 is 6.36 Å². The lowest BCUT2D eigenvalue weighted by Gasteiger charge is -2.10. The number of hydrogen-bond donors (Lipinski definition) is 0. The molecule has 80 valence electrons. The SMILES string of the molecule is FC(F)(F)Oc1cc2ccsc2cc1Cl. The van der Waals surface area contributed by atoms with Gasteiger partial charge in [-0.25, -0.2) is 0 Å². The minimum atomic E-state index is -4.71. The fraction of sp³-hybridized carbons (Fsp3) is 0.111. The molecular weight excluding hydrogens is 249 g/mol. The lowest BCUT2D eigenvalue weighted by Crippen LogP contribution is -2.17. The van der Waals surface area contributed by atoms with Crippen molar-refractivity contribution in [2.45, 2.75) is 6.36 Å². The molecular formula is C9H4ClF3OS. The summed E-state index contributed by atoms with van der Waals surface area (Å²) in [5, 5.41) is 2.42. The molecule has 1 nitrogen and oxygen atoms in total. The van der Waals surface area contributed by atoms with Crippen LogP contribution < -0.4 is 4.74 Å². The highest BCUT2D eigenvalue weighted by Crippen LogP contribution is 2.35. The summed E-state index contributed by atoms with van der Waals surface area (Å²) in [6.45, 7) is 0. The molecule has 0 bridgehead atoms. The topological polar surface area (TPSA) is 9.23 Å². The van der Waals surface area contributed by atoms with Gasteiger partial charge in [0, 0.05) is 4.70 Å². The highest BCUT2D eigenvalue weighted by atomic mass is 35.5. The van der Waals surface area contributed by atoms with Crippen LogP contribution in [0.15, 0.2) is 23.6 Å². The summed E-state index contributed by atoms with van der Waals surface area (Å²) in [4.78, 5) is 0. The summed E-state index contributed by atoms with van der Waals surface area (Å²) in [7, 11) is 0. The van der Waals surface area contributed by atoms with Gasteiger partial charge < -0.3 is 4.74 Å². The highest BCUT2D eigenvalue weighted by Gasteiger charge is 2.32. The van der Waals surface area contributed by atoms with Gasteiger partial charge in [0.1, 0.15) is 5.75 Å². The lowest BCUT2D eigenvalue weighted by molar-refractivity contribution is -0.274. The van der Waals surface area contributed by atoms with E-state index in [0.717, 1.165) is 4.70 Å². The smallest absolute Gasteiger partial charge is 0.404 e. The third kappa shape index (κ3) is 2.35. The van der Waals surface area contributed by atoms with Gasteiger partial charge in [-0.3, -0.25) is 0 Å². The minimum absolute atomic E-state index is 0.0396. The molecule has 1 aromatic heterocycles. The molecule has 0 unspecified atom stereocenters. The van der Waals surface area contributed by atoms with E-state index in [2.05, 4.69) is 4.74 Å². The zero-order chi connectivity index (χ0) is 11.1. The standard InChI is InChI=1S/C9H4ClF3OS/c10-6-4-8-5(1-2-15-8)3-7(6)14-9(11,12)13/h1-4H. The van der Waals surface area contributed by atoms with Gasteiger partial charge in [-0.05, 0) is 29.0 Å². The molecule has 0 atom stereocenters.